The Morgan fingerprint density at radius 3 is 2.38 bits per heavy atom. The zero-order valence-corrected chi connectivity index (χ0v) is 7.54. The van der Waals surface area contributed by atoms with Gasteiger partial charge in [-0.05, 0) is 18.2 Å². The van der Waals surface area contributed by atoms with Gasteiger partial charge in [0.05, 0.1) is 11.3 Å². The Labute approximate surface area is 76.0 Å². The third-order valence-corrected chi connectivity index (χ3v) is 1.25. The quantitative estimate of drug-likeness (QED) is 0.659. The van der Waals surface area contributed by atoms with Crippen LogP contribution in [0, 0.1) is 5.82 Å². The Kier molecular flexibility index (Phi) is 4.51. The molecule has 72 valence electrons. The van der Waals surface area contributed by atoms with Crippen LogP contribution in [0.4, 0.5) is 10.1 Å². The average molecular weight is 185 g/mol. The molecule has 0 amide bonds. The molecular weight excluding hydrogens is 173 g/mol. The lowest BCUT2D eigenvalue weighted by Gasteiger charge is -1.96. The maximum atomic E-state index is 12.6. The fourth-order valence-corrected chi connectivity index (χ4v) is 0.660. The Bertz CT molecular complexity index is 300. The Balaban J connectivity index is 0.000000671. The molecule has 0 fully saturated rings. The van der Waals surface area contributed by atoms with Crippen molar-refractivity contribution in [2.45, 2.75) is 13.8 Å². The lowest BCUT2D eigenvalue weighted by molar-refractivity contribution is 0.0696. The van der Waals surface area contributed by atoms with Crippen molar-refractivity contribution < 1.29 is 14.3 Å². The predicted molar refractivity (Wildman–Crippen MR) is 49.1 cm³/mol. The van der Waals surface area contributed by atoms with Crippen molar-refractivity contribution in [3.8, 4) is 0 Å². The zero-order valence-electron chi connectivity index (χ0n) is 7.54. The highest BCUT2D eigenvalue weighted by atomic mass is 19.1. The maximum absolute atomic E-state index is 12.6. The van der Waals surface area contributed by atoms with Crippen LogP contribution in [-0.2, 0) is 0 Å². The van der Waals surface area contributed by atoms with Crippen LogP contribution in [0.5, 0.6) is 0 Å². The molecule has 0 bridgehead atoms. The van der Waals surface area contributed by atoms with Crippen LogP contribution in [0.3, 0.4) is 0 Å². The number of rotatable bonds is 1. The Hall–Kier alpha value is -1.58. The van der Waals surface area contributed by atoms with Crippen molar-refractivity contribution in [3.63, 3.8) is 0 Å². The number of benzene rings is 1. The summed E-state index contributed by atoms with van der Waals surface area (Å²) in [4.78, 5) is 10.3. The first kappa shape index (κ1) is 11.4. The van der Waals surface area contributed by atoms with Crippen molar-refractivity contribution in [3.05, 3.63) is 29.6 Å². The molecule has 0 aliphatic rings. The largest absolute Gasteiger partial charge is 0.478 e. The van der Waals surface area contributed by atoms with E-state index in [2.05, 4.69) is 0 Å². The molecule has 1 rings (SSSR count). The van der Waals surface area contributed by atoms with Crippen LogP contribution in [0.15, 0.2) is 18.2 Å². The van der Waals surface area contributed by atoms with Crippen LogP contribution in [-0.4, -0.2) is 11.1 Å². The maximum Gasteiger partial charge on any atom is 0.335 e. The molecule has 0 heterocycles. The highest BCUT2D eigenvalue weighted by Crippen LogP contribution is 2.11. The van der Waals surface area contributed by atoms with Gasteiger partial charge in [-0.15, -0.1) is 0 Å². The molecule has 13 heavy (non-hydrogen) atoms. The number of carboxylic acids is 1. The summed E-state index contributed by atoms with van der Waals surface area (Å²) < 4.78 is 12.6. The van der Waals surface area contributed by atoms with E-state index in [-0.39, 0.29) is 11.3 Å². The first-order chi connectivity index (χ1) is 6.11. The molecular formula is C9H12FNO2. The normalized spacial score (nSPS) is 8.54. The topological polar surface area (TPSA) is 63.3 Å². The highest BCUT2D eigenvalue weighted by Gasteiger charge is 2.04. The number of carbonyl (C=O) groups is 1. The molecule has 0 unspecified atom stereocenters. The number of halogens is 1. The van der Waals surface area contributed by atoms with E-state index in [4.69, 9.17) is 10.8 Å². The molecule has 0 saturated heterocycles. The van der Waals surface area contributed by atoms with Crippen molar-refractivity contribution in [2.24, 2.45) is 0 Å². The minimum atomic E-state index is -1.16. The summed E-state index contributed by atoms with van der Waals surface area (Å²) in [6, 6.07) is 3.36. The molecule has 0 atom stereocenters. The van der Waals surface area contributed by atoms with Crippen molar-refractivity contribution in [2.75, 3.05) is 5.73 Å². The molecule has 0 aliphatic carbocycles. The lowest BCUT2D eigenvalue weighted by atomic mass is 10.2. The summed E-state index contributed by atoms with van der Waals surface area (Å²) >= 11 is 0. The van der Waals surface area contributed by atoms with Crippen LogP contribution in [0.2, 0.25) is 0 Å². The van der Waals surface area contributed by atoms with E-state index in [1.54, 1.807) is 0 Å². The molecule has 0 aliphatic heterocycles. The van der Waals surface area contributed by atoms with Crippen LogP contribution in [0.1, 0.15) is 24.2 Å². The number of carboxylic acid groups (broad SMARTS) is 1. The van der Waals surface area contributed by atoms with Gasteiger partial charge in [-0.2, -0.15) is 0 Å². The van der Waals surface area contributed by atoms with Gasteiger partial charge in [0, 0.05) is 0 Å². The van der Waals surface area contributed by atoms with E-state index >= 15 is 0 Å². The molecule has 0 aromatic heterocycles. The van der Waals surface area contributed by atoms with E-state index < -0.39 is 11.8 Å². The molecule has 1 aromatic carbocycles. The Morgan fingerprint density at radius 2 is 2.00 bits per heavy atom. The molecule has 0 saturated carbocycles. The van der Waals surface area contributed by atoms with Crippen molar-refractivity contribution in [1.29, 1.82) is 0 Å². The summed E-state index contributed by atoms with van der Waals surface area (Å²) in [5.74, 6) is -1.87. The van der Waals surface area contributed by atoms with Gasteiger partial charge < -0.3 is 10.8 Å². The Morgan fingerprint density at radius 1 is 1.46 bits per heavy atom. The van der Waals surface area contributed by atoms with Crippen LogP contribution >= 0.6 is 0 Å². The van der Waals surface area contributed by atoms with E-state index in [1.165, 1.54) is 12.1 Å². The smallest absolute Gasteiger partial charge is 0.335 e. The number of anilines is 1. The van der Waals surface area contributed by atoms with Gasteiger partial charge in [0.2, 0.25) is 0 Å². The second kappa shape index (κ2) is 5.13. The summed E-state index contributed by atoms with van der Waals surface area (Å²) in [5, 5.41) is 8.39. The third-order valence-electron chi connectivity index (χ3n) is 1.25. The molecule has 1 aromatic rings. The molecule has 3 nitrogen and oxygen atoms in total. The van der Waals surface area contributed by atoms with Crippen molar-refractivity contribution >= 4 is 11.7 Å². The first-order valence-electron chi connectivity index (χ1n) is 3.89. The van der Waals surface area contributed by atoms with Crippen molar-refractivity contribution in [1.82, 2.24) is 0 Å². The molecule has 3 N–H and O–H groups in total. The van der Waals surface area contributed by atoms with Gasteiger partial charge in [0.1, 0.15) is 5.82 Å². The number of hydrogen-bond donors (Lipinski definition) is 2. The van der Waals surface area contributed by atoms with E-state index in [1.807, 2.05) is 13.8 Å². The lowest BCUT2D eigenvalue weighted by Crippen LogP contribution is -1.98. The zero-order chi connectivity index (χ0) is 10.4. The predicted octanol–water partition coefficient (Wildman–Crippen LogP) is 2.13. The van der Waals surface area contributed by atoms with E-state index in [0.717, 1.165) is 6.07 Å². The third kappa shape index (κ3) is 3.11. The van der Waals surface area contributed by atoms with E-state index in [0.29, 0.717) is 0 Å². The van der Waals surface area contributed by atoms with Gasteiger partial charge >= 0.3 is 5.97 Å². The second-order valence-corrected chi connectivity index (χ2v) is 2.04. The first-order valence-corrected chi connectivity index (χ1v) is 3.89. The number of nitrogens with two attached hydrogens (primary N) is 1. The van der Waals surface area contributed by atoms with Crippen LogP contribution < -0.4 is 5.73 Å². The number of hydrogen-bond acceptors (Lipinski definition) is 2. The van der Waals surface area contributed by atoms with Gasteiger partial charge in [-0.1, -0.05) is 13.8 Å². The van der Waals surface area contributed by atoms with Gasteiger partial charge in [0.25, 0.3) is 0 Å². The minimum Gasteiger partial charge on any atom is -0.478 e. The monoisotopic (exact) mass is 185 g/mol. The average Bonchev–Trinajstić information content (AvgIpc) is 2.13. The van der Waals surface area contributed by atoms with Gasteiger partial charge in [-0.3, -0.25) is 0 Å². The SMILES string of the molecule is CC.Nc1ccc(C(=O)O)cc1F. The second-order valence-electron chi connectivity index (χ2n) is 2.04. The van der Waals surface area contributed by atoms with E-state index in [9.17, 15) is 9.18 Å². The molecule has 0 radical (unpaired) electrons. The minimum absolute atomic E-state index is 0.0463. The fourth-order valence-electron chi connectivity index (χ4n) is 0.660. The molecule has 0 spiro atoms. The number of aromatic carboxylic acids is 1. The number of nitrogen functional groups attached to an aromatic ring is 1. The highest BCUT2D eigenvalue weighted by molar-refractivity contribution is 5.87. The fraction of sp³-hybridized carbons (Fsp3) is 0.222. The summed E-state index contributed by atoms with van der Waals surface area (Å²) in [6.45, 7) is 4.00. The van der Waals surface area contributed by atoms with Gasteiger partial charge in [0.15, 0.2) is 0 Å². The summed E-state index contributed by atoms with van der Waals surface area (Å²) in [6.07, 6.45) is 0. The van der Waals surface area contributed by atoms with Gasteiger partial charge in [-0.25, -0.2) is 9.18 Å². The standard InChI is InChI=1S/C7H6FNO2.C2H6/c8-5-3-4(7(10)11)1-2-6(5)9;1-2/h1-3H,9H2,(H,10,11);1-2H3. The summed E-state index contributed by atoms with van der Waals surface area (Å²) in [7, 11) is 0. The summed E-state index contributed by atoms with van der Waals surface area (Å²) in [5.41, 5.74) is 4.97. The molecule has 4 heteroatoms. The van der Waals surface area contributed by atoms with Crippen LogP contribution in [0.25, 0.3) is 0 Å².